The van der Waals surface area contributed by atoms with Crippen molar-refractivity contribution >= 4 is 11.7 Å². The van der Waals surface area contributed by atoms with Crippen LogP contribution in [0.15, 0.2) is 18.3 Å². The van der Waals surface area contributed by atoms with Gasteiger partial charge in [-0.1, -0.05) is 0 Å². The fraction of sp³-hybridized carbons (Fsp3) is 0.625. The zero-order chi connectivity index (χ0) is 15.2. The third-order valence-corrected chi connectivity index (χ3v) is 4.25. The maximum absolute atomic E-state index is 12.5. The van der Waals surface area contributed by atoms with Crippen molar-refractivity contribution in [2.45, 2.75) is 12.8 Å². The van der Waals surface area contributed by atoms with Gasteiger partial charge in [0.05, 0.1) is 18.8 Å². The number of rotatable bonds is 5. The van der Waals surface area contributed by atoms with E-state index in [9.17, 15) is 4.79 Å². The number of ether oxygens (including phenoxy) is 1. The van der Waals surface area contributed by atoms with E-state index in [2.05, 4.69) is 20.1 Å². The molecular weight excluding hydrogens is 280 g/mol. The molecule has 0 unspecified atom stereocenters. The zero-order valence-electron chi connectivity index (χ0n) is 13.0. The highest BCUT2D eigenvalue weighted by molar-refractivity contribution is 5.98. The monoisotopic (exact) mass is 304 g/mol. The molecule has 1 N–H and O–H groups in total. The molecule has 0 radical (unpaired) electrons. The molecule has 2 aliphatic rings. The maximum Gasteiger partial charge on any atom is 0.255 e. The SMILES string of the molecule is O=C(NCCN1CCCC1)c1cccnc1N1CCOCC1. The third-order valence-electron chi connectivity index (χ3n) is 4.25. The minimum absolute atomic E-state index is 0.0335. The minimum atomic E-state index is -0.0335. The van der Waals surface area contributed by atoms with Crippen LogP contribution in [0.4, 0.5) is 5.82 Å². The Balaban J connectivity index is 1.59. The lowest BCUT2D eigenvalue weighted by Gasteiger charge is -2.29. The van der Waals surface area contributed by atoms with Crippen molar-refractivity contribution in [3.8, 4) is 0 Å². The fourth-order valence-corrected chi connectivity index (χ4v) is 3.03. The Morgan fingerprint density at radius 1 is 1.23 bits per heavy atom. The quantitative estimate of drug-likeness (QED) is 0.870. The predicted octanol–water partition coefficient (Wildman–Crippen LogP) is 0.744. The smallest absolute Gasteiger partial charge is 0.255 e. The molecule has 2 aliphatic heterocycles. The van der Waals surface area contributed by atoms with E-state index in [0.29, 0.717) is 25.3 Å². The van der Waals surface area contributed by atoms with Gasteiger partial charge in [-0.3, -0.25) is 4.79 Å². The van der Waals surface area contributed by atoms with Gasteiger partial charge in [0.2, 0.25) is 0 Å². The summed E-state index contributed by atoms with van der Waals surface area (Å²) in [4.78, 5) is 21.4. The Bertz CT molecular complexity index is 497. The van der Waals surface area contributed by atoms with E-state index in [0.717, 1.165) is 38.5 Å². The number of aromatic nitrogens is 1. The summed E-state index contributed by atoms with van der Waals surface area (Å²) in [5.41, 5.74) is 0.658. The molecule has 2 fully saturated rings. The van der Waals surface area contributed by atoms with Crippen molar-refractivity contribution in [3.63, 3.8) is 0 Å². The molecule has 120 valence electrons. The van der Waals surface area contributed by atoms with Crippen molar-refractivity contribution in [1.82, 2.24) is 15.2 Å². The van der Waals surface area contributed by atoms with Gasteiger partial charge in [-0.2, -0.15) is 0 Å². The molecule has 2 saturated heterocycles. The number of carbonyl (C=O) groups is 1. The Hall–Kier alpha value is -1.66. The molecule has 1 aromatic heterocycles. The van der Waals surface area contributed by atoms with E-state index in [-0.39, 0.29) is 5.91 Å². The fourth-order valence-electron chi connectivity index (χ4n) is 3.03. The van der Waals surface area contributed by atoms with E-state index >= 15 is 0 Å². The number of amides is 1. The number of nitrogens with one attached hydrogen (secondary N) is 1. The molecule has 0 bridgehead atoms. The number of anilines is 1. The second-order valence-electron chi connectivity index (χ2n) is 5.78. The summed E-state index contributed by atoms with van der Waals surface area (Å²) in [5.74, 6) is 0.735. The molecule has 6 nitrogen and oxygen atoms in total. The van der Waals surface area contributed by atoms with Gasteiger partial charge >= 0.3 is 0 Å². The highest BCUT2D eigenvalue weighted by Crippen LogP contribution is 2.18. The molecular formula is C16H24N4O2. The molecule has 0 atom stereocenters. The number of morpholine rings is 1. The molecule has 0 saturated carbocycles. The van der Waals surface area contributed by atoms with Crippen LogP contribution in [0, 0.1) is 0 Å². The maximum atomic E-state index is 12.5. The molecule has 1 amide bonds. The van der Waals surface area contributed by atoms with Gasteiger partial charge in [0.15, 0.2) is 0 Å². The number of nitrogens with zero attached hydrogens (tertiary/aromatic N) is 3. The van der Waals surface area contributed by atoms with Gasteiger partial charge in [-0.05, 0) is 38.1 Å². The zero-order valence-corrected chi connectivity index (χ0v) is 13.0. The van der Waals surface area contributed by atoms with Crippen molar-refractivity contribution in [1.29, 1.82) is 0 Å². The average Bonchev–Trinajstić information content (AvgIpc) is 3.09. The van der Waals surface area contributed by atoms with Crippen LogP contribution >= 0.6 is 0 Å². The Kier molecular flexibility index (Phi) is 5.24. The molecule has 22 heavy (non-hydrogen) atoms. The van der Waals surface area contributed by atoms with Crippen molar-refractivity contribution in [3.05, 3.63) is 23.9 Å². The average molecular weight is 304 g/mol. The lowest BCUT2D eigenvalue weighted by atomic mass is 10.2. The molecule has 0 aliphatic carbocycles. The lowest BCUT2D eigenvalue weighted by Crippen LogP contribution is -2.39. The standard InChI is InChI=1S/C16H24N4O2/c21-16(18-6-9-19-7-1-2-8-19)14-4-3-5-17-15(14)20-10-12-22-13-11-20/h3-5H,1-2,6-13H2,(H,18,21). The summed E-state index contributed by atoms with van der Waals surface area (Å²) in [6, 6.07) is 3.67. The van der Waals surface area contributed by atoms with Crippen LogP contribution in [0.2, 0.25) is 0 Å². The Morgan fingerprint density at radius 2 is 2.00 bits per heavy atom. The normalized spacial score (nSPS) is 19.4. The number of pyridine rings is 1. The molecule has 3 rings (SSSR count). The number of hydrogen-bond acceptors (Lipinski definition) is 5. The topological polar surface area (TPSA) is 57.7 Å². The molecule has 0 aromatic carbocycles. The number of hydrogen-bond donors (Lipinski definition) is 1. The van der Waals surface area contributed by atoms with Crippen LogP contribution < -0.4 is 10.2 Å². The summed E-state index contributed by atoms with van der Waals surface area (Å²) in [6.45, 7) is 6.87. The van der Waals surface area contributed by atoms with E-state index in [1.807, 2.05) is 12.1 Å². The van der Waals surface area contributed by atoms with E-state index in [1.54, 1.807) is 6.20 Å². The first-order valence-corrected chi connectivity index (χ1v) is 8.13. The van der Waals surface area contributed by atoms with Gasteiger partial charge in [-0.25, -0.2) is 4.98 Å². The van der Waals surface area contributed by atoms with Gasteiger partial charge in [0.25, 0.3) is 5.91 Å². The van der Waals surface area contributed by atoms with Crippen LogP contribution in [0.1, 0.15) is 23.2 Å². The summed E-state index contributed by atoms with van der Waals surface area (Å²) < 4.78 is 5.37. The van der Waals surface area contributed by atoms with Gasteiger partial charge in [-0.15, -0.1) is 0 Å². The Labute approximate surface area is 131 Å². The lowest BCUT2D eigenvalue weighted by molar-refractivity contribution is 0.0948. The molecule has 6 heteroatoms. The molecule has 1 aromatic rings. The second-order valence-corrected chi connectivity index (χ2v) is 5.78. The first kappa shape index (κ1) is 15.2. The van der Waals surface area contributed by atoms with Crippen molar-refractivity contribution in [2.75, 3.05) is 57.4 Å². The highest BCUT2D eigenvalue weighted by atomic mass is 16.5. The summed E-state index contributed by atoms with van der Waals surface area (Å²) >= 11 is 0. The van der Waals surface area contributed by atoms with Crippen molar-refractivity contribution in [2.24, 2.45) is 0 Å². The van der Waals surface area contributed by atoms with E-state index in [4.69, 9.17) is 4.74 Å². The van der Waals surface area contributed by atoms with Crippen LogP contribution in [-0.4, -0.2) is 68.3 Å². The summed E-state index contributed by atoms with van der Waals surface area (Å²) in [5, 5.41) is 3.03. The summed E-state index contributed by atoms with van der Waals surface area (Å²) in [6.07, 6.45) is 4.29. The van der Waals surface area contributed by atoms with Gasteiger partial charge in [0.1, 0.15) is 5.82 Å². The Morgan fingerprint density at radius 3 is 2.77 bits per heavy atom. The number of carbonyl (C=O) groups excluding carboxylic acids is 1. The van der Waals surface area contributed by atoms with E-state index < -0.39 is 0 Å². The summed E-state index contributed by atoms with van der Waals surface area (Å²) in [7, 11) is 0. The largest absolute Gasteiger partial charge is 0.378 e. The first-order valence-electron chi connectivity index (χ1n) is 8.13. The second kappa shape index (κ2) is 7.56. The third kappa shape index (κ3) is 3.75. The van der Waals surface area contributed by atoms with Gasteiger partial charge in [0, 0.05) is 32.4 Å². The van der Waals surface area contributed by atoms with Crippen LogP contribution in [0.5, 0.6) is 0 Å². The predicted molar refractivity (Wildman–Crippen MR) is 85.3 cm³/mol. The van der Waals surface area contributed by atoms with E-state index in [1.165, 1.54) is 12.8 Å². The van der Waals surface area contributed by atoms with Crippen LogP contribution in [0.25, 0.3) is 0 Å². The number of likely N-dealkylation sites (tertiary alicyclic amines) is 1. The highest BCUT2D eigenvalue weighted by Gasteiger charge is 2.20. The molecule has 0 spiro atoms. The van der Waals surface area contributed by atoms with Crippen LogP contribution in [-0.2, 0) is 4.74 Å². The van der Waals surface area contributed by atoms with Crippen LogP contribution in [0.3, 0.4) is 0 Å². The van der Waals surface area contributed by atoms with Crippen molar-refractivity contribution < 1.29 is 9.53 Å². The molecule has 3 heterocycles. The van der Waals surface area contributed by atoms with Gasteiger partial charge < -0.3 is 19.9 Å². The minimum Gasteiger partial charge on any atom is -0.378 e. The first-order chi connectivity index (χ1) is 10.8.